The molecule has 3 aromatic heterocycles. The Morgan fingerprint density at radius 2 is 2.25 bits per heavy atom. The van der Waals surface area contributed by atoms with Gasteiger partial charge in [0.15, 0.2) is 11.5 Å². The first kappa shape index (κ1) is 15.1. The number of hydrogen-bond acceptors (Lipinski definition) is 4. The summed E-state index contributed by atoms with van der Waals surface area (Å²) in [5, 5.41) is 10.6. The number of nitrogens with zero attached hydrogens (tertiary/aromatic N) is 4. The van der Waals surface area contributed by atoms with E-state index in [1.54, 1.807) is 17.4 Å². The van der Waals surface area contributed by atoms with Crippen LogP contribution in [0, 0.1) is 6.92 Å². The Hall–Kier alpha value is -2.47. The Balaban J connectivity index is 1.59. The average molecular weight is 338 g/mol. The molecule has 4 heterocycles. The summed E-state index contributed by atoms with van der Waals surface area (Å²) in [6.07, 6.45) is 7.47. The average Bonchev–Trinajstić information content (AvgIpc) is 3.31. The molecule has 1 fully saturated rings. The monoisotopic (exact) mass is 338 g/mol. The first-order valence-electron chi connectivity index (χ1n) is 8.06. The number of hydrogen-bond donors (Lipinski definition) is 0. The molecule has 24 heavy (non-hydrogen) atoms. The third-order valence-corrected chi connectivity index (χ3v) is 5.44. The van der Waals surface area contributed by atoms with Crippen LogP contribution in [0.5, 0.6) is 0 Å². The van der Waals surface area contributed by atoms with Crippen molar-refractivity contribution in [2.24, 2.45) is 0 Å². The number of fused-ring (bicyclic) bond motifs is 1. The minimum atomic E-state index is -0.0102. The quantitative estimate of drug-likeness (QED) is 0.687. The smallest absolute Gasteiger partial charge is 0.247 e. The fraction of sp³-hybridized carbons (Fsp3) is 0.278. The molecule has 1 aliphatic rings. The molecule has 122 valence electrons. The SMILES string of the molecule is Cc1ccsc1/C=C/C(=O)N1CCC[C@H]1c1nnc2ccccn12. The topological polar surface area (TPSA) is 50.5 Å². The molecule has 1 amide bonds. The van der Waals surface area contributed by atoms with Crippen molar-refractivity contribution in [1.82, 2.24) is 19.5 Å². The minimum Gasteiger partial charge on any atom is -0.329 e. The molecule has 1 atom stereocenters. The first-order chi connectivity index (χ1) is 11.7. The highest BCUT2D eigenvalue weighted by Gasteiger charge is 2.32. The van der Waals surface area contributed by atoms with Gasteiger partial charge >= 0.3 is 0 Å². The maximum absolute atomic E-state index is 12.7. The summed E-state index contributed by atoms with van der Waals surface area (Å²) in [7, 11) is 0. The van der Waals surface area contributed by atoms with E-state index in [0.717, 1.165) is 35.7 Å². The van der Waals surface area contributed by atoms with Gasteiger partial charge in [0, 0.05) is 23.7 Å². The van der Waals surface area contributed by atoms with Crippen LogP contribution in [-0.4, -0.2) is 31.9 Å². The van der Waals surface area contributed by atoms with E-state index in [-0.39, 0.29) is 11.9 Å². The third-order valence-electron chi connectivity index (χ3n) is 4.45. The van der Waals surface area contributed by atoms with Crippen molar-refractivity contribution < 1.29 is 4.79 Å². The maximum atomic E-state index is 12.7. The zero-order chi connectivity index (χ0) is 16.5. The lowest BCUT2D eigenvalue weighted by molar-refractivity contribution is -0.127. The number of likely N-dealkylation sites (tertiary alicyclic amines) is 1. The van der Waals surface area contributed by atoms with E-state index in [0.29, 0.717) is 0 Å². The van der Waals surface area contributed by atoms with Crippen molar-refractivity contribution in [3.63, 3.8) is 0 Å². The highest BCUT2D eigenvalue weighted by Crippen LogP contribution is 2.31. The van der Waals surface area contributed by atoms with Gasteiger partial charge in [-0.25, -0.2) is 0 Å². The highest BCUT2D eigenvalue weighted by atomic mass is 32.1. The summed E-state index contributed by atoms with van der Waals surface area (Å²) in [4.78, 5) is 15.7. The van der Waals surface area contributed by atoms with Crippen LogP contribution in [0.1, 0.15) is 35.1 Å². The lowest BCUT2D eigenvalue weighted by atomic mass is 10.2. The van der Waals surface area contributed by atoms with Crippen LogP contribution in [0.4, 0.5) is 0 Å². The molecule has 1 aliphatic heterocycles. The summed E-state index contributed by atoms with van der Waals surface area (Å²) in [6, 6.07) is 7.88. The van der Waals surface area contributed by atoms with Crippen molar-refractivity contribution in [1.29, 1.82) is 0 Å². The number of carbonyl (C=O) groups excluding carboxylic acids is 1. The molecule has 0 saturated carbocycles. The van der Waals surface area contributed by atoms with Gasteiger partial charge in [0.2, 0.25) is 5.91 Å². The molecule has 5 nitrogen and oxygen atoms in total. The second-order valence-electron chi connectivity index (χ2n) is 5.98. The Morgan fingerprint density at radius 3 is 3.08 bits per heavy atom. The van der Waals surface area contributed by atoms with Gasteiger partial charge in [-0.15, -0.1) is 21.5 Å². The molecule has 3 aromatic rings. The summed E-state index contributed by atoms with van der Waals surface area (Å²) < 4.78 is 1.98. The van der Waals surface area contributed by atoms with E-state index in [4.69, 9.17) is 0 Å². The number of carbonyl (C=O) groups is 1. The molecule has 0 bridgehead atoms. The molecule has 4 rings (SSSR count). The molecule has 0 aliphatic carbocycles. The molecule has 0 unspecified atom stereocenters. The van der Waals surface area contributed by atoms with Crippen LogP contribution in [0.15, 0.2) is 41.9 Å². The van der Waals surface area contributed by atoms with Gasteiger partial charge in [0.1, 0.15) is 0 Å². The Bertz CT molecular complexity index is 911. The Kier molecular flexibility index (Phi) is 3.90. The molecule has 6 heteroatoms. The molecule has 1 saturated heterocycles. The van der Waals surface area contributed by atoms with Crippen LogP contribution >= 0.6 is 11.3 Å². The van der Waals surface area contributed by atoms with E-state index in [9.17, 15) is 4.79 Å². The predicted molar refractivity (Wildman–Crippen MR) is 94.8 cm³/mol. The van der Waals surface area contributed by atoms with Gasteiger partial charge < -0.3 is 4.90 Å². The largest absolute Gasteiger partial charge is 0.329 e. The van der Waals surface area contributed by atoms with E-state index in [1.165, 1.54) is 5.56 Å². The molecular formula is C18H18N4OS. The Labute approximate surface area is 144 Å². The highest BCUT2D eigenvalue weighted by molar-refractivity contribution is 7.11. The molecule has 0 aromatic carbocycles. The van der Waals surface area contributed by atoms with Crippen molar-refractivity contribution in [2.75, 3.05) is 6.54 Å². The summed E-state index contributed by atoms with van der Waals surface area (Å²) in [6.45, 7) is 2.82. The Morgan fingerprint density at radius 1 is 1.33 bits per heavy atom. The van der Waals surface area contributed by atoms with Gasteiger partial charge in [0.05, 0.1) is 6.04 Å². The standard InChI is InChI=1S/C18H18N4OS/c1-13-9-12-24-15(13)7-8-17(23)21-11-4-5-14(21)18-20-19-16-6-2-3-10-22(16)18/h2-3,6-10,12,14H,4-5,11H2,1H3/b8-7+/t14-/m0/s1. The number of thiophene rings is 1. The minimum absolute atomic E-state index is 0.0102. The second kappa shape index (κ2) is 6.20. The van der Waals surface area contributed by atoms with Gasteiger partial charge in [-0.3, -0.25) is 9.20 Å². The summed E-state index contributed by atoms with van der Waals surface area (Å²) in [5.41, 5.74) is 2.02. The maximum Gasteiger partial charge on any atom is 0.247 e. The number of aryl methyl sites for hydroxylation is 1. The van der Waals surface area contributed by atoms with Crippen LogP contribution in [0.3, 0.4) is 0 Å². The molecular weight excluding hydrogens is 320 g/mol. The van der Waals surface area contributed by atoms with Crippen molar-refractivity contribution in [2.45, 2.75) is 25.8 Å². The summed E-state index contributed by atoms with van der Waals surface area (Å²) in [5.74, 6) is 0.884. The summed E-state index contributed by atoms with van der Waals surface area (Å²) >= 11 is 1.65. The normalized spacial score (nSPS) is 18.0. The number of aromatic nitrogens is 3. The van der Waals surface area contributed by atoms with Gasteiger partial charge in [-0.2, -0.15) is 0 Å². The van der Waals surface area contributed by atoms with Crippen LogP contribution in [-0.2, 0) is 4.79 Å². The van der Waals surface area contributed by atoms with E-state index in [2.05, 4.69) is 23.2 Å². The fourth-order valence-corrected chi connectivity index (χ4v) is 4.00. The van der Waals surface area contributed by atoms with E-state index >= 15 is 0 Å². The third kappa shape index (κ3) is 2.63. The zero-order valence-electron chi connectivity index (χ0n) is 13.4. The van der Waals surface area contributed by atoms with Crippen molar-refractivity contribution >= 4 is 29.0 Å². The molecule has 0 N–H and O–H groups in total. The number of amides is 1. The van der Waals surface area contributed by atoms with Crippen LogP contribution in [0.25, 0.3) is 11.7 Å². The van der Waals surface area contributed by atoms with Crippen molar-refractivity contribution in [3.8, 4) is 0 Å². The zero-order valence-corrected chi connectivity index (χ0v) is 14.2. The van der Waals surface area contributed by atoms with Gasteiger partial charge in [0.25, 0.3) is 0 Å². The molecule has 0 radical (unpaired) electrons. The lowest BCUT2D eigenvalue weighted by Crippen LogP contribution is -2.30. The first-order valence-corrected chi connectivity index (χ1v) is 8.94. The number of pyridine rings is 1. The van der Waals surface area contributed by atoms with Crippen molar-refractivity contribution in [3.05, 3.63) is 58.2 Å². The van der Waals surface area contributed by atoms with E-state index in [1.807, 2.05) is 45.2 Å². The lowest BCUT2D eigenvalue weighted by Gasteiger charge is -2.22. The van der Waals surface area contributed by atoms with E-state index < -0.39 is 0 Å². The number of rotatable bonds is 3. The van der Waals surface area contributed by atoms with Gasteiger partial charge in [-0.05, 0) is 55.0 Å². The van der Waals surface area contributed by atoms with Gasteiger partial charge in [-0.1, -0.05) is 6.07 Å². The second-order valence-corrected chi connectivity index (χ2v) is 6.93. The van der Waals surface area contributed by atoms with Crippen LogP contribution in [0.2, 0.25) is 0 Å². The predicted octanol–water partition coefficient (Wildman–Crippen LogP) is 3.48. The fourth-order valence-electron chi connectivity index (χ4n) is 3.18. The molecule has 0 spiro atoms. The van der Waals surface area contributed by atoms with Crippen LogP contribution < -0.4 is 0 Å².